The molecular weight excluding hydrogens is 295 g/mol. The van der Waals surface area contributed by atoms with Crippen LogP contribution in [0.3, 0.4) is 0 Å². The van der Waals surface area contributed by atoms with Gasteiger partial charge >= 0.3 is 0 Å². The summed E-state index contributed by atoms with van der Waals surface area (Å²) < 4.78 is 64.7. The fourth-order valence-corrected chi connectivity index (χ4v) is 2.64. The fourth-order valence-electron chi connectivity index (χ4n) is 1.48. The van der Waals surface area contributed by atoms with Gasteiger partial charge in [0.15, 0.2) is 11.6 Å². The second-order valence-corrected chi connectivity index (χ2v) is 5.47. The Morgan fingerprint density at radius 3 is 2.20 bits per heavy atom. The lowest BCUT2D eigenvalue weighted by Gasteiger charge is -2.10. The Bertz CT molecular complexity index is 763. The zero-order valence-corrected chi connectivity index (χ0v) is 10.6. The molecule has 2 aromatic rings. The first-order chi connectivity index (χ1) is 9.31. The van der Waals surface area contributed by atoms with Gasteiger partial charge in [0, 0.05) is 12.1 Å². The Hall–Kier alpha value is -2.22. The average molecular weight is 303 g/mol. The largest absolute Gasteiger partial charge is 0.507 e. The van der Waals surface area contributed by atoms with E-state index < -0.39 is 43.8 Å². The molecule has 8 heteroatoms. The molecule has 0 amide bonds. The van der Waals surface area contributed by atoms with E-state index in [1.807, 2.05) is 0 Å². The third-order valence-electron chi connectivity index (χ3n) is 2.41. The van der Waals surface area contributed by atoms with Crippen LogP contribution in [0, 0.1) is 17.5 Å². The van der Waals surface area contributed by atoms with Gasteiger partial charge in [0.2, 0.25) is 0 Å². The molecule has 0 radical (unpaired) electrons. The number of sulfonamides is 1. The molecule has 0 unspecified atom stereocenters. The number of aromatic hydroxyl groups is 1. The van der Waals surface area contributed by atoms with Crippen molar-refractivity contribution in [3.8, 4) is 5.75 Å². The van der Waals surface area contributed by atoms with Crippen LogP contribution < -0.4 is 4.72 Å². The lowest BCUT2D eigenvalue weighted by molar-refractivity contribution is 0.459. The molecule has 0 saturated carbocycles. The summed E-state index contributed by atoms with van der Waals surface area (Å²) in [7, 11) is -4.33. The van der Waals surface area contributed by atoms with E-state index in [2.05, 4.69) is 0 Å². The van der Waals surface area contributed by atoms with E-state index in [1.54, 1.807) is 4.72 Å². The van der Waals surface area contributed by atoms with Gasteiger partial charge in [-0.25, -0.2) is 21.6 Å². The Kier molecular flexibility index (Phi) is 3.58. The molecule has 4 nitrogen and oxygen atoms in total. The van der Waals surface area contributed by atoms with Crippen LogP contribution in [0.5, 0.6) is 5.75 Å². The SMILES string of the molecule is O=S(=O)(Nc1cc(F)c(F)cc1F)c1ccccc1O. The van der Waals surface area contributed by atoms with Crippen molar-refractivity contribution in [2.24, 2.45) is 0 Å². The van der Waals surface area contributed by atoms with Crippen molar-refractivity contribution in [3.05, 3.63) is 53.8 Å². The monoisotopic (exact) mass is 303 g/mol. The van der Waals surface area contributed by atoms with Crippen molar-refractivity contribution >= 4 is 15.7 Å². The summed E-state index contributed by atoms with van der Waals surface area (Å²) in [4.78, 5) is -0.510. The van der Waals surface area contributed by atoms with Gasteiger partial charge in [0.1, 0.15) is 16.5 Å². The molecule has 0 atom stereocenters. The molecule has 2 N–H and O–H groups in total. The van der Waals surface area contributed by atoms with E-state index in [4.69, 9.17) is 0 Å². The number of rotatable bonds is 3. The minimum atomic E-state index is -4.33. The van der Waals surface area contributed by atoms with Crippen LogP contribution in [0.25, 0.3) is 0 Å². The molecule has 2 aromatic carbocycles. The van der Waals surface area contributed by atoms with E-state index in [-0.39, 0.29) is 6.07 Å². The highest BCUT2D eigenvalue weighted by atomic mass is 32.2. The van der Waals surface area contributed by atoms with E-state index in [1.165, 1.54) is 12.1 Å². The number of hydrogen-bond donors (Lipinski definition) is 2. The molecule has 0 aliphatic heterocycles. The molecule has 0 aliphatic carbocycles. The number of halogens is 3. The Morgan fingerprint density at radius 2 is 1.55 bits per heavy atom. The zero-order valence-electron chi connectivity index (χ0n) is 9.77. The fraction of sp³-hybridized carbons (Fsp3) is 0. The van der Waals surface area contributed by atoms with Gasteiger partial charge in [-0.2, -0.15) is 0 Å². The maximum Gasteiger partial charge on any atom is 0.265 e. The van der Waals surface area contributed by atoms with Gasteiger partial charge in [-0.05, 0) is 12.1 Å². The summed E-state index contributed by atoms with van der Waals surface area (Å²) in [6, 6.07) is 5.54. The van der Waals surface area contributed by atoms with Gasteiger partial charge in [-0.3, -0.25) is 4.72 Å². The van der Waals surface area contributed by atoms with E-state index in [0.717, 1.165) is 12.1 Å². The molecule has 0 saturated heterocycles. The molecule has 2 rings (SSSR count). The van der Waals surface area contributed by atoms with E-state index >= 15 is 0 Å². The Morgan fingerprint density at radius 1 is 0.950 bits per heavy atom. The minimum absolute atomic E-state index is 0.220. The summed E-state index contributed by atoms with van der Waals surface area (Å²) in [6.07, 6.45) is 0. The normalized spacial score (nSPS) is 11.3. The quantitative estimate of drug-likeness (QED) is 0.857. The molecule has 0 aromatic heterocycles. The second-order valence-electron chi connectivity index (χ2n) is 3.82. The second kappa shape index (κ2) is 5.04. The zero-order chi connectivity index (χ0) is 14.9. The molecule has 106 valence electrons. The highest BCUT2D eigenvalue weighted by molar-refractivity contribution is 7.92. The minimum Gasteiger partial charge on any atom is -0.507 e. The van der Waals surface area contributed by atoms with E-state index in [0.29, 0.717) is 6.07 Å². The molecule has 0 fully saturated rings. The summed E-state index contributed by atoms with van der Waals surface area (Å²) in [5.41, 5.74) is -0.757. The van der Waals surface area contributed by atoms with Gasteiger partial charge < -0.3 is 5.11 Å². The van der Waals surface area contributed by atoms with Crippen molar-refractivity contribution < 1.29 is 26.7 Å². The predicted octanol–water partition coefficient (Wildman–Crippen LogP) is 2.61. The lowest BCUT2D eigenvalue weighted by Crippen LogP contribution is -2.14. The van der Waals surface area contributed by atoms with Crippen molar-refractivity contribution in [2.75, 3.05) is 4.72 Å². The Labute approximate surface area is 112 Å². The predicted molar refractivity (Wildman–Crippen MR) is 65.2 cm³/mol. The van der Waals surface area contributed by atoms with E-state index in [9.17, 15) is 26.7 Å². The molecule has 0 aliphatic rings. The van der Waals surface area contributed by atoms with Crippen molar-refractivity contribution in [1.29, 1.82) is 0 Å². The number of benzene rings is 2. The van der Waals surface area contributed by atoms with Gasteiger partial charge in [-0.15, -0.1) is 0 Å². The number of nitrogens with one attached hydrogen (secondary N) is 1. The van der Waals surface area contributed by atoms with Crippen LogP contribution in [-0.2, 0) is 10.0 Å². The smallest absolute Gasteiger partial charge is 0.265 e. The number of hydrogen-bond acceptors (Lipinski definition) is 3. The van der Waals surface area contributed by atoms with Gasteiger partial charge in [-0.1, -0.05) is 12.1 Å². The van der Waals surface area contributed by atoms with Crippen molar-refractivity contribution in [1.82, 2.24) is 0 Å². The highest BCUT2D eigenvalue weighted by Crippen LogP contribution is 2.26. The molecule has 0 spiro atoms. The van der Waals surface area contributed by atoms with Crippen LogP contribution in [0.2, 0.25) is 0 Å². The highest BCUT2D eigenvalue weighted by Gasteiger charge is 2.21. The first-order valence-corrected chi connectivity index (χ1v) is 6.75. The van der Waals surface area contributed by atoms with Gasteiger partial charge in [0.05, 0.1) is 5.69 Å². The lowest BCUT2D eigenvalue weighted by atomic mass is 10.3. The third kappa shape index (κ3) is 2.69. The third-order valence-corrected chi connectivity index (χ3v) is 3.82. The van der Waals surface area contributed by atoms with Crippen molar-refractivity contribution in [3.63, 3.8) is 0 Å². The number of phenolic OH excluding ortho intramolecular Hbond substituents is 1. The number of para-hydroxylation sites is 1. The summed E-state index contributed by atoms with van der Waals surface area (Å²) >= 11 is 0. The van der Waals surface area contributed by atoms with Crippen LogP contribution in [0.15, 0.2) is 41.3 Å². The van der Waals surface area contributed by atoms with Crippen molar-refractivity contribution in [2.45, 2.75) is 4.90 Å². The standard InChI is InChI=1S/C12H8F3NO3S/c13-7-5-9(15)10(6-8(7)14)16-20(18,19)12-4-2-1-3-11(12)17/h1-6,16-17H. The summed E-state index contributed by atoms with van der Waals surface area (Å²) in [5, 5.41) is 9.45. The summed E-state index contributed by atoms with van der Waals surface area (Å²) in [5.74, 6) is -4.67. The number of anilines is 1. The Balaban J connectivity index is 2.44. The topological polar surface area (TPSA) is 66.4 Å². The maximum absolute atomic E-state index is 13.4. The molecular formula is C12H8F3NO3S. The average Bonchev–Trinajstić information content (AvgIpc) is 2.36. The molecule has 0 bridgehead atoms. The number of phenols is 1. The maximum atomic E-state index is 13.4. The van der Waals surface area contributed by atoms with Crippen LogP contribution in [-0.4, -0.2) is 13.5 Å². The molecule has 20 heavy (non-hydrogen) atoms. The van der Waals surface area contributed by atoms with Crippen LogP contribution in [0.1, 0.15) is 0 Å². The first-order valence-electron chi connectivity index (χ1n) is 5.26. The van der Waals surface area contributed by atoms with Crippen LogP contribution >= 0.6 is 0 Å². The molecule has 0 heterocycles. The summed E-state index contributed by atoms with van der Waals surface area (Å²) in [6.45, 7) is 0. The van der Waals surface area contributed by atoms with Crippen LogP contribution in [0.4, 0.5) is 18.9 Å². The first kappa shape index (κ1) is 14.2. The van der Waals surface area contributed by atoms with Gasteiger partial charge in [0.25, 0.3) is 10.0 Å².